The fraction of sp³-hybridized carbons (Fsp3) is 0.375. The molecule has 3 rings (SSSR count). The second-order valence-electron chi connectivity index (χ2n) is 5.30. The first-order valence-electron chi connectivity index (χ1n) is 7.38. The molecule has 0 spiro atoms. The molecule has 0 unspecified atom stereocenters. The van der Waals surface area contributed by atoms with E-state index in [2.05, 4.69) is 50.1 Å². The molecule has 1 aromatic carbocycles. The Morgan fingerprint density at radius 1 is 1.00 bits per heavy atom. The number of nitrogens with zero attached hydrogens (tertiary/aromatic N) is 4. The van der Waals surface area contributed by atoms with Crippen LogP contribution < -0.4 is 10.6 Å². The largest absolute Gasteiger partial charge is 0.338 e. The van der Waals surface area contributed by atoms with Crippen molar-refractivity contribution >= 4 is 5.95 Å². The van der Waals surface area contributed by atoms with Crippen LogP contribution in [-0.4, -0.2) is 41.0 Å². The summed E-state index contributed by atoms with van der Waals surface area (Å²) >= 11 is 0. The molecule has 110 valence electrons. The van der Waals surface area contributed by atoms with Crippen LogP contribution in [0.1, 0.15) is 11.3 Å². The molecule has 1 fully saturated rings. The lowest BCUT2D eigenvalue weighted by Crippen LogP contribution is -2.46. The second-order valence-corrected chi connectivity index (χ2v) is 5.30. The van der Waals surface area contributed by atoms with E-state index in [4.69, 9.17) is 5.73 Å². The predicted molar refractivity (Wildman–Crippen MR) is 83.9 cm³/mol. The summed E-state index contributed by atoms with van der Waals surface area (Å²) in [5.41, 5.74) is 7.90. The van der Waals surface area contributed by atoms with Gasteiger partial charge in [-0.3, -0.25) is 4.90 Å². The molecule has 2 heterocycles. The van der Waals surface area contributed by atoms with Crippen molar-refractivity contribution in [3.63, 3.8) is 0 Å². The Hall–Kier alpha value is -1.98. The standard InChI is InChI=1S/C16H21N5/c17-12-15-6-7-18-16(19-15)21-10-8-20(9-11-21)13-14-4-2-1-3-5-14/h1-7H,8-13,17H2. The van der Waals surface area contributed by atoms with Crippen LogP contribution >= 0.6 is 0 Å². The molecule has 2 aromatic rings. The number of hydrogen-bond acceptors (Lipinski definition) is 5. The average Bonchev–Trinajstić information content (AvgIpc) is 2.56. The van der Waals surface area contributed by atoms with Crippen LogP contribution in [0.5, 0.6) is 0 Å². The van der Waals surface area contributed by atoms with E-state index in [0.717, 1.165) is 44.4 Å². The number of piperazine rings is 1. The van der Waals surface area contributed by atoms with E-state index < -0.39 is 0 Å². The van der Waals surface area contributed by atoms with Gasteiger partial charge in [-0.2, -0.15) is 0 Å². The number of benzene rings is 1. The molecule has 1 aliphatic rings. The fourth-order valence-electron chi connectivity index (χ4n) is 2.60. The lowest BCUT2D eigenvalue weighted by atomic mass is 10.2. The van der Waals surface area contributed by atoms with E-state index in [1.807, 2.05) is 6.07 Å². The smallest absolute Gasteiger partial charge is 0.225 e. The third-order valence-corrected chi connectivity index (χ3v) is 3.81. The molecule has 0 atom stereocenters. The fourth-order valence-corrected chi connectivity index (χ4v) is 2.60. The summed E-state index contributed by atoms with van der Waals surface area (Å²) in [6.07, 6.45) is 1.79. The average molecular weight is 283 g/mol. The number of aromatic nitrogens is 2. The molecular weight excluding hydrogens is 262 g/mol. The first kappa shape index (κ1) is 14.0. The Morgan fingerprint density at radius 3 is 2.48 bits per heavy atom. The lowest BCUT2D eigenvalue weighted by molar-refractivity contribution is 0.248. The van der Waals surface area contributed by atoms with Gasteiger partial charge in [-0.25, -0.2) is 9.97 Å². The van der Waals surface area contributed by atoms with Crippen molar-refractivity contribution in [2.75, 3.05) is 31.1 Å². The Labute approximate surface area is 125 Å². The lowest BCUT2D eigenvalue weighted by Gasteiger charge is -2.34. The van der Waals surface area contributed by atoms with Crippen molar-refractivity contribution in [3.05, 3.63) is 53.9 Å². The molecule has 0 saturated carbocycles. The van der Waals surface area contributed by atoms with Crippen molar-refractivity contribution in [1.29, 1.82) is 0 Å². The zero-order valence-electron chi connectivity index (χ0n) is 12.2. The van der Waals surface area contributed by atoms with Gasteiger partial charge in [-0.05, 0) is 11.6 Å². The van der Waals surface area contributed by atoms with E-state index in [0.29, 0.717) is 6.54 Å². The van der Waals surface area contributed by atoms with E-state index in [9.17, 15) is 0 Å². The van der Waals surface area contributed by atoms with Gasteiger partial charge in [0.1, 0.15) is 0 Å². The normalized spacial score (nSPS) is 16.1. The summed E-state index contributed by atoms with van der Waals surface area (Å²) in [5.74, 6) is 0.803. The summed E-state index contributed by atoms with van der Waals surface area (Å²) in [6.45, 7) is 5.46. The SMILES string of the molecule is NCc1ccnc(N2CCN(Cc3ccccc3)CC2)n1. The van der Waals surface area contributed by atoms with Gasteiger partial charge in [0.05, 0.1) is 5.69 Å². The highest BCUT2D eigenvalue weighted by molar-refractivity contribution is 5.31. The molecule has 0 aliphatic carbocycles. The van der Waals surface area contributed by atoms with Gasteiger partial charge in [-0.15, -0.1) is 0 Å². The molecule has 0 radical (unpaired) electrons. The van der Waals surface area contributed by atoms with E-state index in [-0.39, 0.29) is 0 Å². The highest BCUT2D eigenvalue weighted by Crippen LogP contribution is 2.13. The number of hydrogen-bond donors (Lipinski definition) is 1. The van der Waals surface area contributed by atoms with Crippen LogP contribution in [0.4, 0.5) is 5.95 Å². The van der Waals surface area contributed by atoms with E-state index in [1.165, 1.54) is 5.56 Å². The third kappa shape index (κ3) is 3.56. The quantitative estimate of drug-likeness (QED) is 0.915. The van der Waals surface area contributed by atoms with Crippen molar-refractivity contribution in [3.8, 4) is 0 Å². The molecule has 1 aliphatic heterocycles. The van der Waals surface area contributed by atoms with Gasteiger partial charge >= 0.3 is 0 Å². The topological polar surface area (TPSA) is 58.3 Å². The highest BCUT2D eigenvalue weighted by Gasteiger charge is 2.19. The van der Waals surface area contributed by atoms with Crippen molar-refractivity contribution in [1.82, 2.24) is 14.9 Å². The summed E-state index contributed by atoms with van der Waals surface area (Å²) in [4.78, 5) is 13.6. The minimum Gasteiger partial charge on any atom is -0.338 e. The zero-order valence-corrected chi connectivity index (χ0v) is 12.2. The van der Waals surface area contributed by atoms with Gasteiger partial charge in [0.15, 0.2) is 0 Å². The Kier molecular flexibility index (Phi) is 4.43. The third-order valence-electron chi connectivity index (χ3n) is 3.81. The predicted octanol–water partition coefficient (Wildman–Crippen LogP) is 1.26. The zero-order chi connectivity index (χ0) is 14.5. The van der Waals surface area contributed by atoms with Crippen LogP contribution in [0, 0.1) is 0 Å². The number of anilines is 1. The summed E-state index contributed by atoms with van der Waals surface area (Å²) in [6, 6.07) is 12.5. The first-order chi connectivity index (χ1) is 10.3. The van der Waals surface area contributed by atoms with E-state index in [1.54, 1.807) is 6.20 Å². The molecule has 2 N–H and O–H groups in total. The molecule has 21 heavy (non-hydrogen) atoms. The molecule has 1 aromatic heterocycles. The Balaban J connectivity index is 1.57. The Bertz CT molecular complexity index is 564. The molecule has 1 saturated heterocycles. The van der Waals surface area contributed by atoms with Gasteiger partial charge < -0.3 is 10.6 Å². The van der Waals surface area contributed by atoms with Crippen LogP contribution in [0.2, 0.25) is 0 Å². The van der Waals surface area contributed by atoms with Crippen molar-refractivity contribution in [2.24, 2.45) is 5.73 Å². The van der Waals surface area contributed by atoms with E-state index >= 15 is 0 Å². The molecule has 0 bridgehead atoms. The van der Waals surface area contributed by atoms with Crippen LogP contribution in [0.3, 0.4) is 0 Å². The first-order valence-corrected chi connectivity index (χ1v) is 7.38. The summed E-state index contributed by atoms with van der Waals surface area (Å²) < 4.78 is 0. The maximum absolute atomic E-state index is 5.64. The second kappa shape index (κ2) is 6.65. The van der Waals surface area contributed by atoms with Crippen LogP contribution in [-0.2, 0) is 13.1 Å². The monoisotopic (exact) mass is 283 g/mol. The highest BCUT2D eigenvalue weighted by atomic mass is 15.3. The summed E-state index contributed by atoms with van der Waals surface area (Å²) in [5, 5.41) is 0. The van der Waals surface area contributed by atoms with Crippen molar-refractivity contribution < 1.29 is 0 Å². The molecule has 5 nitrogen and oxygen atoms in total. The van der Waals surface area contributed by atoms with Crippen molar-refractivity contribution in [2.45, 2.75) is 13.1 Å². The Morgan fingerprint density at radius 2 is 1.76 bits per heavy atom. The minimum atomic E-state index is 0.462. The summed E-state index contributed by atoms with van der Waals surface area (Å²) in [7, 11) is 0. The maximum atomic E-state index is 5.64. The maximum Gasteiger partial charge on any atom is 0.225 e. The van der Waals surface area contributed by atoms with Crippen LogP contribution in [0.15, 0.2) is 42.6 Å². The van der Waals surface area contributed by atoms with Crippen LogP contribution in [0.25, 0.3) is 0 Å². The van der Waals surface area contributed by atoms with Gasteiger partial charge in [-0.1, -0.05) is 30.3 Å². The number of rotatable bonds is 4. The van der Waals surface area contributed by atoms with Gasteiger partial charge in [0.25, 0.3) is 0 Å². The number of nitrogens with two attached hydrogens (primary N) is 1. The van der Waals surface area contributed by atoms with Gasteiger partial charge in [0.2, 0.25) is 5.95 Å². The molecular formula is C16H21N5. The minimum absolute atomic E-state index is 0.462. The molecule has 0 amide bonds. The van der Waals surface area contributed by atoms with Gasteiger partial charge in [0, 0.05) is 45.5 Å². The molecule has 5 heteroatoms.